The minimum Gasteiger partial charge on any atom is -0.497 e. The van der Waals surface area contributed by atoms with Gasteiger partial charge in [0.2, 0.25) is 0 Å². The van der Waals surface area contributed by atoms with Crippen LogP contribution in [0.3, 0.4) is 0 Å². The van der Waals surface area contributed by atoms with Crippen molar-refractivity contribution in [3.05, 3.63) is 64.4 Å². The average Bonchev–Trinajstić information content (AvgIpc) is 3.37. The van der Waals surface area contributed by atoms with E-state index < -0.39 is 0 Å². The molecule has 7 heteroatoms. The summed E-state index contributed by atoms with van der Waals surface area (Å²) in [6.45, 7) is 0.620. The van der Waals surface area contributed by atoms with Crippen LogP contribution in [0.1, 0.15) is 23.5 Å². The second-order valence-corrected chi connectivity index (χ2v) is 6.41. The lowest BCUT2D eigenvalue weighted by molar-refractivity contribution is 0.414. The van der Waals surface area contributed by atoms with Gasteiger partial charge in [-0.15, -0.1) is 24.0 Å². The normalized spacial score (nSPS) is 18.7. The van der Waals surface area contributed by atoms with Gasteiger partial charge >= 0.3 is 0 Å². The van der Waals surface area contributed by atoms with Crippen molar-refractivity contribution in [2.24, 2.45) is 4.99 Å². The highest BCUT2D eigenvalue weighted by molar-refractivity contribution is 14.0. The van der Waals surface area contributed by atoms with Crippen LogP contribution in [-0.2, 0) is 6.54 Å². The van der Waals surface area contributed by atoms with E-state index in [0.717, 1.165) is 17.7 Å². The molecule has 2 N–H and O–H groups in total. The van der Waals surface area contributed by atoms with E-state index in [-0.39, 0.29) is 41.8 Å². The second kappa shape index (κ2) is 9.41. The zero-order chi connectivity index (χ0) is 17.8. The summed E-state index contributed by atoms with van der Waals surface area (Å²) in [6, 6.07) is 12.8. The van der Waals surface area contributed by atoms with Crippen LogP contribution in [0, 0.1) is 5.82 Å². The summed E-state index contributed by atoms with van der Waals surface area (Å²) in [5.74, 6) is 1.33. The molecule has 1 fully saturated rings. The average molecular weight is 490 g/mol. The summed E-state index contributed by atoms with van der Waals surface area (Å²) in [6.07, 6.45) is 0.834. The fourth-order valence-electron chi connectivity index (χ4n) is 2.88. The minimum absolute atomic E-state index is 0. The molecule has 1 saturated carbocycles. The number of nitrogens with zero attached hydrogens (tertiary/aromatic N) is 1. The Morgan fingerprint density at radius 2 is 2.08 bits per heavy atom. The highest BCUT2D eigenvalue weighted by atomic mass is 127. The van der Waals surface area contributed by atoms with E-state index in [2.05, 4.69) is 15.6 Å². The zero-order valence-electron chi connectivity index (χ0n) is 14.6. The number of benzene rings is 2. The molecule has 0 aliphatic heterocycles. The smallest absolute Gasteiger partial charge is 0.191 e. The minimum atomic E-state index is -0.249. The Hall–Kier alpha value is -1.54. The van der Waals surface area contributed by atoms with Crippen LogP contribution in [-0.4, -0.2) is 26.2 Å². The van der Waals surface area contributed by atoms with Gasteiger partial charge in [0.05, 0.1) is 7.11 Å². The fourth-order valence-corrected chi connectivity index (χ4v) is 3.18. The number of guanidine groups is 1. The molecule has 0 bridgehead atoms. The van der Waals surface area contributed by atoms with Crippen LogP contribution in [0.5, 0.6) is 5.75 Å². The number of halogens is 3. The summed E-state index contributed by atoms with van der Waals surface area (Å²) in [5.41, 5.74) is 1.68. The van der Waals surface area contributed by atoms with Gasteiger partial charge in [0, 0.05) is 36.1 Å². The summed E-state index contributed by atoms with van der Waals surface area (Å²) in [5, 5.41) is 7.07. The molecule has 0 heterocycles. The quantitative estimate of drug-likeness (QED) is 0.373. The number of methoxy groups -OCH3 is 1. The zero-order valence-corrected chi connectivity index (χ0v) is 17.7. The largest absolute Gasteiger partial charge is 0.497 e. The number of hydrogen-bond donors (Lipinski definition) is 2. The van der Waals surface area contributed by atoms with Gasteiger partial charge in [-0.05, 0) is 36.2 Å². The van der Waals surface area contributed by atoms with Gasteiger partial charge in [-0.25, -0.2) is 4.39 Å². The molecular formula is C19H22ClFIN3O. The topological polar surface area (TPSA) is 45.7 Å². The first-order valence-electron chi connectivity index (χ1n) is 8.16. The SMILES string of the molecule is CN=C(NCc1cccc(OC)c1)NC1CC1c1c(F)cccc1Cl.I. The maximum absolute atomic E-state index is 14.0. The van der Waals surface area contributed by atoms with Crippen molar-refractivity contribution in [2.75, 3.05) is 14.2 Å². The molecule has 0 aromatic heterocycles. The van der Waals surface area contributed by atoms with E-state index in [1.54, 1.807) is 26.3 Å². The lowest BCUT2D eigenvalue weighted by atomic mass is 10.1. The van der Waals surface area contributed by atoms with E-state index in [1.165, 1.54) is 6.07 Å². The third kappa shape index (κ3) is 5.01. The number of rotatable bonds is 5. The highest BCUT2D eigenvalue weighted by Gasteiger charge is 2.41. The third-order valence-corrected chi connectivity index (χ3v) is 4.63. The molecular weight excluding hydrogens is 468 g/mol. The molecule has 2 unspecified atom stereocenters. The first kappa shape index (κ1) is 20.8. The van der Waals surface area contributed by atoms with Crippen LogP contribution in [0.15, 0.2) is 47.5 Å². The number of nitrogens with one attached hydrogen (secondary N) is 2. The molecule has 4 nitrogen and oxygen atoms in total. The monoisotopic (exact) mass is 489 g/mol. The van der Waals surface area contributed by atoms with Gasteiger partial charge in [0.15, 0.2) is 5.96 Å². The Morgan fingerprint density at radius 3 is 2.77 bits per heavy atom. The highest BCUT2D eigenvalue weighted by Crippen LogP contribution is 2.44. The predicted octanol–water partition coefficient (Wildman–Crippen LogP) is 4.33. The Balaban J connectivity index is 0.00000243. The molecule has 2 atom stereocenters. The third-order valence-electron chi connectivity index (χ3n) is 4.30. The van der Waals surface area contributed by atoms with Crippen LogP contribution < -0.4 is 15.4 Å². The first-order valence-corrected chi connectivity index (χ1v) is 8.54. The van der Waals surface area contributed by atoms with E-state index in [0.29, 0.717) is 23.1 Å². The Bertz CT molecular complexity index is 767. The Kier molecular flexibility index (Phi) is 7.52. The van der Waals surface area contributed by atoms with Gasteiger partial charge < -0.3 is 15.4 Å². The predicted molar refractivity (Wildman–Crippen MR) is 114 cm³/mol. The van der Waals surface area contributed by atoms with E-state index in [9.17, 15) is 4.39 Å². The Morgan fingerprint density at radius 1 is 1.31 bits per heavy atom. The molecule has 1 aliphatic carbocycles. The molecule has 0 radical (unpaired) electrons. The van der Waals surface area contributed by atoms with Crippen LogP contribution in [0.2, 0.25) is 5.02 Å². The molecule has 0 amide bonds. The van der Waals surface area contributed by atoms with Crippen molar-refractivity contribution in [3.63, 3.8) is 0 Å². The fraction of sp³-hybridized carbons (Fsp3) is 0.316. The number of ether oxygens (including phenoxy) is 1. The molecule has 1 aliphatic rings. The standard InChI is InChI=1S/C19H21ClFN3O.HI/c1-22-19(23-11-12-5-3-6-13(9-12)25-2)24-17-10-14(17)18-15(20)7-4-8-16(18)21;/h3-9,14,17H,10-11H2,1-2H3,(H2,22,23,24);1H. The van der Waals surface area contributed by atoms with Crippen LogP contribution in [0.4, 0.5) is 4.39 Å². The van der Waals surface area contributed by atoms with Gasteiger partial charge in [-0.2, -0.15) is 0 Å². The lowest BCUT2D eigenvalue weighted by Crippen LogP contribution is -2.38. The van der Waals surface area contributed by atoms with Gasteiger partial charge in [0.1, 0.15) is 11.6 Å². The summed E-state index contributed by atoms with van der Waals surface area (Å²) in [4.78, 5) is 4.24. The maximum atomic E-state index is 14.0. The summed E-state index contributed by atoms with van der Waals surface area (Å²) in [7, 11) is 3.36. The molecule has 2 aromatic rings. The maximum Gasteiger partial charge on any atom is 0.191 e. The van der Waals surface area contributed by atoms with Gasteiger partial charge in [0.25, 0.3) is 0 Å². The van der Waals surface area contributed by atoms with Crippen molar-refractivity contribution in [1.82, 2.24) is 10.6 Å². The summed E-state index contributed by atoms with van der Waals surface area (Å²) < 4.78 is 19.2. The van der Waals surface area contributed by atoms with Crippen LogP contribution >= 0.6 is 35.6 Å². The number of hydrogen-bond acceptors (Lipinski definition) is 2. The van der Waals surface area contributed by atoms with E-state index in [1.807, 2.05) is 24.3 Å². The lowest BCUT2D eigenvalue weighted by Gasteiger charge is -2.13. The molecule has 2 aromatic carbocycles. The van der Waals surface area contributed by atoms with Gasteiger partial charge in [-0.1, -0.05) is 29.8 Å². The number of aliphatic imine (C=N–C) groups is 1. The second-order valence-electron chi connectivity index (χ2n) is 6.01. The van der Waals surface area contributed by atoms with Crippen LogP contribution in [0.25, 0.3) is 0 Å². The van der Waals surface area contributed by atoms with E-state index >= 15 is 0 Å². The Labute approximate surface area is 175 Å². The molecule has 3 rings (SSSR count). The molecule has 140 valence electrons. The van der Waals surface area contributed by atoms with Crippen molar-refractivity contribution in [2.45, 2.75) is 24.9 Å². The van der Waals surface area contributed by atoms with Crippen molar-refractivity contribution in [1.29, 1.82) is 0 Å². The van der Waals surface area contributed by atoms with Crippen molar-refractivity contribution >= 4 is 41.5 Å². The van der Waals surface area contributed by atoms with Gasteiger partial charge in [-0.3, -0.25) is 4.99 Å². The van der Waals surface area contributed by atoms with E-state index in [4.69, 9.17) is 16.3 Å². The summed E-state index contributed by atoms with van der Waals surface area (Å²) >= 11 is 6.14. The molecule has 0 spiro atoms. The molecule has 0 saturated heterocycles. The molecule has 26 heavy (non-hydrogen) atoms. The first-order chi connectivity index (χ1) is 12.1. The van der Waals surface area contributed by atoms with Crippen molar-refractivity contribution < 1.29 is 9.13 Å². The van der Waals surface area contributed by atoms with Crippen molar-refractivity contribution in [3.8, 4) is 5.75 Å².